The van der Waals surface area contributed by atoms with E-state index in [1.165, 1.54) is 0 Å². The van der Waals surface area contributed by atoms with Crippen LogP contribution < -0.4 is 4.90 Å². The van der Waals surface area contributed by atoms with Crippen LogP contribution in [0.4, 0.5) is 19.0 Å². The van der Waals surface area contributed by atoms with Gasteiger partial charge in [0.2, 0.25) is 0 Å². The van der Waals surface area contributed by atoms with Gasteiger partial charge in [-0.05, 0) is 50.7 Å². The van der Waals surface area contributed by atoms with Crippen LogP contribution in [0, 0.1) is 12.8 Å². The topological polar surface area (TPSA) is 66.6 Å². The second-order valence-electron chi connectivity index (χ2n) is 9.40. The standard InChI is InChI=1S/C24H27F3N6O/c1-15-7-10-31(13-15)22-16(2)14-33-21(29-22)12-18(30-33)20-5-3-4-9-32(20)23(34)19-11-17(6-8-28-19)24(25,26)27/h6,8,11-12,14-15,20H,3-5,7,9-10,13H2,1-2H3/t15-,20-/m0/s1. The van der Waals surface area contributed by atoms with E-state index in [2.05, 4.69) is 16.8 Å². The second kappa shape index (κ2) is 8.56. The molecule has 5 rings (SSSR count). The third kappa shape index (κ3) is 4.21. The minimum atomic E-state index is -4.53. The molecule has 2 aliphatic rings. The average molecular weight is 473 g/mol. The number of nitrogens with zero attached hydrogens (tertiary/aromatic N) is 6. The van der Waals surface area contributed by atoms with Gasteiger partial charge in [0.1, 0.15) is 11.5 Å². The quantitative estimate of drug-likeness (QED) is 0.555. The molecule has 0 N–H and O–H groups in total. The number of aryl methyl sites for hydroxylation is 1. The molecule has 2 aliphatic heterocycles. The van der Waals surface area contributed by atoms with Crippen LogP contribution in [0.25, 0.3) is 5.65 Å². The third-order valence-corrected chi connectivity index (χ3v) is 6.76. The van der Waals surface area contributed by atoms with Crippen molar-refractivity contribution >= 4 is 17.4 Å². The smallest absolute Gasteiger partial charge is 0.356 e. The van der Waals surface area contributed by atoms with E-state index < -0.39 is 17.6 Å². The number of alkyl halides is 3. The summed E-state index contributed by atoms with van der Waals surface area (Å²) < 4.78 is 41.2. The van der Waals surface area contributed by atoms with Crippen LogP contribution in [0.2, 0.25) is 0 Å². The number of piperidine rings is 1. The van der Waals surface area contributed by atoms with Crippen molar-refractivity contribution in [3.8, 4) is 0 Å². The first kappa shape index (κ1) is 22.6. The summed E-state index contributed by atoms with van der Waals surface area (Å²) in [7, 11) is 0. The molecule has 2 atom stereocenters. The molecule has 0 spiro atoms. The van der Waals surface area contributed by atoms with Gasteiger partial charge in [0, 0.05) is 43.7 Å². The van der Waals surface area contributed by atoms with Crippen molar-refractivity contribution in [3.63, 3.8) is 0 Å². The van der Waals surface area contributed by atoms with Gasteiger partial charge >= 0.3 is 6.18 Å². The minimum Gasteiger partial charge on any atom is -0.356 e. The fourth-order valence-corrected chi connectivity index (χ4v) is 4.98. The predicted molar refractivity (Wildman–Crippen MR) is 121 cm³/mol. The summed E-state index contributed by atoms with van der Waals surface area (Å²) in [5.74, 6) is 1.07. The van der Waals surface area contributed by atoms with E-state index in [4.69, 9.17) is 10.1 Å². The number of pyridine rings is 1. The number of amides is 1. The van der Waals surface area contributed by atoms with Crippen LogP contribution in [-0.4, -0.2) is 50.0 Å². The van der Waals surface area contributed by atoms with Crippen molar-refractivity contribution in [2.45, 2.75) is 51.7 Å². The highest BCUT2D eigenvalue weighted by Crippen LogP contribution is 2.34. The van der Waals surface area contributed by atoms with Crippen molar-refractivity contribution in [2.75, 3.05) is 24.5 Å². The number of anilines is 1. The first-order chi connectivity index (χ1) is 16.2. The fraction of sp³-hybridized carbons (Fsp3) is 0.500. The van der Waals surface area contributed by atoms with Gasteiger partial charge in [0.25, 0.3) is 5.91 Å². The summed E-state index contributed by atoms with van der Waals surface area (Å²) in [5.41, 5.74) is 1.34. The molecule has 2 saturated heterocycles. The van der Waals surface area contributed by atoms with Crippen molar-refractivity contribution in [1.82, 2.24) is 24.5 Å². The number of aromatic nitrogens is 4. The van der Waals surface area contributed by atoms with Crippen molar-refractivity contribution in [1.29, 1.82) is 0 Å². The summed E-state index contributed by atoms with van der Waals surface area (Å²) in [6.45, 7) is 6.64. The molecule has 0 saturated carbocycles. The molecule has 0 aliphatic carbocycles. The highest BCUT2D eigenvalue weighted by Gasteiger charge is 2.35. The highest BCUT2D eigenvalue weighted by molar-refractivity contribution is 5.92. The molecule has 5 heterocycles. The number of hydrogen-bond donors (Lipinski definition) is 0. The molecule has 0 unspecified atom stereocenters. The Labute approximate surface area is 195 Å². The molecule has 180 valence electrons. The number of rotatable bonds is 3. The lowest BCUT2D eigenvalue weighted by atomic mass is 9.98. The zero-order valence-electron chi connectivity index (χ0n) is 19.2. The van der Waals surface area contributed by atoms with Gasteiger partial charge in [-0.15, -0.1) is 0 Å². The average Bonchev–Trinajstić information content (AvgIpc) is 3.43. The van der Waals surface area contributed by atoms with Crippen molar-refractivity contribution < 1.29 is 18.0 Å². The molecule has 0 radical (unpaired) electrons. The van der Waals surface area contributed by atoms with E-state index in [-0.39, 0.29) is 11.7 Å². The highest BCUT2D eigenvalue weighted by atomic mass is 19.4. The van der Waals surface area contributed by atoms with Crippen LogP contribution >= 0.6 is 0 Å². The molecule has 3 aromatic heterocycles. The Kier molecular flexibility index (Phi) is 5.69. The number of hydrogen-bond acceptors (Lipinski definition) is 5. The van der Waals surface area contributed by atoms with E-state index in [0.29, 0.717) is 30.2 Å². The molecular formula is C24H27F3N6O. The van der Waals surface area contributed by atoms with Gasteiger partial charge in [-0.1, -0.05) is 6.92 Å². The Hall–Kier alpha value is -3.17. The Balaban J connectivity index is 1.46. The van der Waals surface area contributed by atoms with Crippen LogP contribution in [0.3, 0.4) is 0 Å². The molecule has 2 fully saturated rings. The molecule has 3 aromatic rings. The molecule has 1 amide bonds. The maximum Gasteiger partial charge on any atom is 0.416 e. The minimum absolute atomic E-state index is 0.204. The van der Waals surface area contributed by atoms with E-state index in [1.54, 1.807) is 9.42 Å². The normalized spacial score (nSPS) is 21.4. The first-order valence-electron chi connectivity index (χ1n) is 11.7. The largest absolute Gasteiger partial charge is 0.416 e. The second-order valence-corrected chi connectivity index (χ2v) is 9.40. The van der Waals surface area contributed by atoms with E-state index >= 15 is 0 Å². The van der Waals surface area contributed by atoms with Crippen LogP contribution in [-0.2, 0) is 6.18 Å². The first-order valence-corrected chi connectivity index (χ1v) is 11.7. The van der Waals surface area contributed by atoms with Gasteiger partial charge in [-0.25, -0.2) is 9.50 Å². The number of carbonyl (C=O) groups is 1. The Bertz CT molecular complexity index is 1220. The summed E-state index contributed by atoms with van der Waals surface area (Å²) in [5, 5.41) is 4.70. The lowest BCUT2D eigenvalue weighted by Crippen LogP contribution is -2.39. The number of fused-ring (bicyclic) bond motifs is 1. The van der Waals surface area contributed by atoms with E-state index in [9.17, 15) is 18.0 Å². The predicted octanol–water partition coefficient (Wildman–Crippen LogP) is 4.67. The van der Waals surface area contributed by atoms with Crippen LogP contribution in [0.1, 0.15) is 66.0 Å². The van der Waals surface area contributed by atoms with Gasteiger partial charge in [-0.2, -0.15) is 18.3 Å². The van der Waals surface area contributed by atoms with Gasteiger partial charge < -0.3 is 9.80 Å². The summed E-state index contributed by atoms with van der Waals surface area (Å²) in [6.07, 6.45) is 1.96. The fourth-order valence-electron chi connectivity index (χ4n) is 4.98. The van der Waals surface area contributed by atoms with Gasteiger partial charge in [0.15, 0.2) is 5.65 Å². The molecule has 0 aromatic carbocycles. The molecular weight excluding hydrogens is 445 g/mol. The summed E-state index contributed by atoms with van der Waals surface area (Å²) >= 11 is 0. The zero-order chi connectivity index (χ0) is 24.0. The third-order valence-electron chi connectivity index (χ3n) is 6.76. The van der Waals surface area contributed by atoms with Crippen LogP contribution in [0.15, 0.2) is 30.6 Å². The molecule has 7 nitrogen and oxygen atoms in total. The number of carbonyl (C=O) groups excluding carboxylic acids is 1. The van der Waals surface area contributed by atoms with E-state index in [1.807, 2.05) is 19.2 Å². The number of likely N-dealkylation sites (tertiary alicyclic amines) is 1. The van der Waals surface area contributed by atoms with Gasteiger partial charge in [-0.3, -0.25) is 9.78 Å². The monoisotopic (exact) mass is 472 g/mol. The molecule has 34 heavy (non-hydrogen) atoms. The Morgan fingerprint density at radius 2 is 1.97 bits per heavy atom. The maximum atomic E-state index is 13.2. The molecule has 10 heteroatoms. The zero-order valence-corrected chi connectivity index (χ0v) is 19.2. The number of halogens is 3. The van der Waals surface area contributed by atoms with Crippen LogP contribution in [0.5, 0.6) is 0 Å². The maximum absolute atomic E-state index is 13.2. The Morgan fingerprint density at radius 1 is 1.15 bits per heavy atom. The lowest BCUT2D eigenvalue weighted by molar-refractivity contribution is -0.137. The van der Waals surface area contributed by atoms with E-state index in [0.717, 1.165) is 62.1 Å². The molecule has 0 bridgehead atoms. The summed E-state index contributed by atoms with van der Waals surface area (Å²) in [4.78, 5) is 25.9. The Morgan fingerprint density at radius 3 is 2.71 bits per heavy atom. The lowest BCUT2D eigenvalue weighted by Gasteiger charge is -2.34. The summed E-state index contributed by atoms with van der Waals surface area (Å²) in [6, 6.07) is 3.25. The SMILES string of the molecule is Cc1cn2nc([C@@H]3CCCCN3C(=O)c3cc(C(F)(F)F)ccn3)cc2nc1N1CC[C@H](C)C1. The van der Waals surface area contributed by atoms with Crippen molar-refractivity contribution in [2.24, 2.45) is 5.92 Å². The van der Waals surface area contributed by atoms with Crippen molar-refractivity contribution in [3.05, 3.63) is 53.1 Å². The van der Waals surface area contributed by atoms with Gasteiger partial charge in [0.05, 0.1) is 17.3 Å².